The molecule has 3 N–H and O–H groups in total. The molecule has 0 bridgehead atoms. The molecule has 4 heteroatoms. The topological polar surface area (TPSA) is 63.8 Å². The van der Waals surface area contributed by atoms with E-state index in [1.54, 1.807) is 12.3 Å². The number of hydrogen-bond acceptors (Lipinski definition) is 4. The number of anilines is 2. The first-order valence-corrected chi connectivity index (χ1v) is 6.61. The Bertz CT molecular complexity index is 410. The molecule has 0 radical (unpaired) electrons. The fraction of sp³-hybridized carbons (Fsp3) is 0.714. The standard InChI is InChI=1S/C14H24N4/c1-13(2)7-10(8-14(3,4)9-13)17-12-16-6-5-11(15)18-12/h5-6,10H,7-9H2,1-4H3,(H3,15,16,17,18). The van der Waals surface area contributed by atoms with Gasteiger partial charge in [-0.2, -0.15) is 4.98 Å². The van der Waals surface area contributed by atoms with Gasteiger partial charge in [0.25, 0.3) is 0 Å². The summed E-state index contributed by atoms with van der Waals surface area (Å²) in [6.45, 7) is 9.34. The lowest BCUT2D eigenvalue weighted by Crippen LogP contribution is -2.40. The van der Waals surface area contributed by atoms with E-state index in [0.717, 1.165) is 12.8 Å². The predicted octanol–water partition coefficient (Wildman–Crippen LogP) is 3.08. The van der Waals surface area contributed by atoms with Crippen LogP contribution in [0.25, 0.3) is 0 Å². The molecule has 1 aliphatic rings. The first kappa shape index (κ1) is 13.1. The Kier molecular flexibility index (Phi) is 3.21. The zero-order chi connectivity index (χ0) is 13.4. The lowest BCUT2D eigenvalue weighted by molar-refractivity contribution is 0.105. The van der Waals surface area contributed by atoms with Crippen LogP contribution >= 0.6 is 0 Å². The quantitative estimate of drug-likeness (QED) is 0.844. The van der Waals surface area contributed by atoms with Gasteiger partial charge < -0.3 is 11.1 Å². The van der Waals surface area contributed by atoms with Crippen molar-refractivity contribution in [2.24, 2.45) is 10.8 Å². The summed E-state index contributed by atoms with van der Waals surface area (Å²) in [5, 5.41) is 3.43. The van der Waals surface area contributed by atoms with Crippen molar-refractivity contribution in [3.05, 3.63) is 12.3 Å². The molecule has 0 atom stereocenters. The lowest BCUT2D eigenvalue weighted by atomic mass is 9.63. The molecule has 1 aromatic heterocycles. The highest BCUT2D eigenvalue weighted by Crippen LogP contribution is 2.46. The first-order chi connectivity index (χ1) is 8.26. The summed E-state index contributed by atoms with van der Waals surface area (Å²) in [4.78, 5) is 8.45. The van der Waals surface area contributed by atoms with Gasteiger partial charge in [0.1, 0.15) is 5.82 Å². The summed E-state index contributed by atoms with van der Waals surface area (Å²) >= 11 is 0. The molecular weight excluding hydrogens is 224 g/mol. The normalized spacial score (nSPS) is 22.7. The van der Waals surface area contributed by atoms with Crippen molar-refractivity contribution in [3.8, 4) is 0 Å². The van der Waals surface area contributed by atoms with Crippen LogP contribution < -0.4 is 11.1 Å². The average Bonchev–Trinajstić information content (AvgIpc) is 2.11. The van der Waals surface area contributed by atoms with Gasteiger partial charge in [0.2, 0.25) is 5.95 Å². The van der Waals surface area contributed by atoms with Crippen molar-refractivity contribution in [1.29, 1.82) is 0 Å². The Labute approximate surface area is 109 Å². The zero-order valence-corrected chi connectivity index (χ0v) is 11.8. The van der Waals surface area contributed by atoms with Crippen molar-refractivity contribution in [3.63, 3.8) is 0 Å². The third-order valence-electron chi connectivity index (χ3n) is 3.57. The second kappa shape index (κ2) is 4.41. The summed E-state index contributed by atoms with van der Waals surface area (Å²) in [7, 11) is 0. The highest BCUT2D eigenvalue weighted by molar-refractivity contribution is 5.36. The number of hydrogen-bond donors (Lipinski definition) is 2. The number of aromatic nitrogens is 2. The minimum atomic E-state index is 0.361. The molecule has 0 unspecified atom stereocenters. The van der Waals surface area contributed by atoms with E-state index in [2.05, 4.69) is 43.0 Å². The van der Waals surface area contributed by atoms with Crippen molar-refractivity contribution in [1.82, 2.24) is 9.97 Å². The fourth-order valence-corrected chi connectivity index (χ4v) is 3.57. The smallest absolute Gasteiger partial charge is 0.224 e. The van der Waals surface area contributed by atoms with Crippen molar-refractivity contribution in [2.45, 2.75) is 53.0 Å². The van der Waals surface area contributed by atoms with E-state index in [4.69, 9.17) is 5.73 Å². The Balaban J connectivity index is 2.09. The Morgan fingerprint density at radius 1 is 1.22 bits per heavy atom. The fourth-order valence-electron chi connectivity index (χ4n) is 3.57. The van der Waals surface area contributed by atoms with E-state index < -0.39 is 0 Å². The van der Waals surface area contributed by atoms with Crippen LogP contribution in [0.1, 0.15) is 47.0 Å². The molecular formula is C14H24N4. The molecule has 4 nitrogen and oxygen atoms in total. The maximum absolute atomic E-state index is 5.68. The number of nitrogens with two attached hydrogens (primary N) is 1. The molecule has 1 aromatic rings. The molecule has 0 amide bonds. The van der Waals surface area contributed by atoms with E-state index in [1.165, 1.54) is 6.42 Å². The molecule has 0 spiro atoms. The van der Waals surface area contributed by atoms with Gasteiger partial charge in [-0.15, -0.1) is 0 Å². The monoisotopic (exact) mass is 248 g/mol. The van der Waals surface area contributed by atoms with Crippen molar-refractivity contribution >= 4 is 11.8 Å². The molecule has 100 valence electrons. The summed E-state index contributed by atoms with van der Waals surface area (Å²) in [5.41, 5.74) is 6.40. The molecule has 1 saturated carbocycles. The van der Waals surface area contributed by atoms with Gasteiger partial charge >= 0.3 is 0 Å². The van der Waals surface area contributed by atoms with Crippen LogP contribution in [0.3, 0.4) is 0 Å². The van der Waals surface area contributed by atoms with Crippen LogP contribution in [0.2, 0.25) is 0 Å². The minimum Gasteiger partial charge on any atom is -0.384 e. The highest BCUT2D eigenvalue weighted by atomic mass is 15.1. The van der Waals surface area contributed by atoms with Gasteiger partial charge in [0.15, 0.2) is 0 Å². The lowest BCUT2D eigenvalue weighted by Gasteiger charge is -2.45. The maximum atomic E-state index is 5.68. The molecule has 2 rings (SSSR count). The number of nitrogen functional groups attached to an aromatic ring is 1. The number of rotatable bonds is 2. The van der Waals surface area contributed by atoms with E-state index in [1.807, 2.05) is 0 Å². The maximum Gasteiger partial charge on any atom is 0.224 e. The Morgan fingerprint density at radius 2 is 1.83 bits per heavy atom. The van der Waals surface area contributed by atoms with Crippen LogP contribution in [0.5, 0.6) is 0 Å². The van der Waals surface area contributed by atoms with Crippen LogP contribution in [0, 0.1) is 10.8 Å². The Hall–Kier alpha value is -1.32. The summed E-state index contributed by atoms with van der Waals surface area (Å²) in [6, 6.07) is 2.13. The number of nitrogens with one attached hydrogen (secondary N) is 1. The van der Waals surface area contributed by atoms with E-state index in [-0.39, 0.29) is 0 Å². The van der Waals surface area contributed by atoms with Gasteiger partial charge in [-0.05, 0) is 36.2 Å². The molecule has 0 aliphatic heterocycles. The molecule has 1 heterocycles. The van der Waals surface area contributed by atoms with Crippen LogP contribution in [-0.2, 0) is 0 Å². The van der Waals surface area contributed by atoms with Gasteiger partial charge in [-0.3, -0.25) is 0 Å². The molecule has 1 aliphatic carbocycles. The van der Waals surface area contributed by atoms with Crippen LogP contribution in [-0.4, -0.2) is 16.0 Å². The minimum absolute atomic E-state index is 0.361. The molecule has 1 fully saturated rings. The summed E-state index contributed by atoms with van der Waals surface area (Å²) in [5.74, 6) is 1.16. The van der Waals surface area contributed by atoms with Crippen LogP contribution in [0.15, 0.2) is 12.3 Å². The van der Waals surface area contributed by atoms with Gasteiger partial charge in [-0.1, -0.05) is 27.7 Å². The van der Waals surface area contributed by atoms with Gasteiger partial charge in [-0.25, -0.2) is 4.98 Å². The van der Waals surface area contributed by atoms with E-state index in [9.17, 15) is 0 Å². The van der Waals surface area contributed by atoms with Crippen LogP contribution in [0.4, 0.5) is 11.8 Å². The summed E-state index contributed by atoms with van der Waals surface area (Å²) in [6.07, 6.45) is 5.25. The highest BCUT2D eigenvalue weighted by Gasteiger charge is 2.38. The summed E-state index contributed by atoms with van der Waals surface area (Å²) < 4.78 is 0. The number of nitrogens with zero attached hydrogens (tertiary/aromatic N) is 2. The van der Waals surface area contributed by atoms with E-state index >= 15 is 0 Å². The van der Waals surface area contributed by atoms with Gasteiger partial charge in [0.05, 0.1) is 0 Å². The predicted molar refractivity (Wildman–Crippen MR) is 75.3 cm³/mol. The SMILES string of the molecule is CC1(C)CC(Nc2nccc(N)n2)CC(C)(C)C1. The average molecular weight is 248 g/mol. The molecule has 18 heavy (non-hydrogen) atoms. The van der Waals surface area contributed by atoms with E-state index in [0.29, 0.717) is 28.6 Å². The van der Waals surface area contributed by atoms with Crippen molar-refractivity contribution < 1.29 is 0 Å². The molecule has 0 aromatic carbocycles. The zero-order valence-electron chi connectivity index (χ0n) is 11.8. The second-order valence-electron chi connectivity index (χ2n) is 7.06. The largest absolute Gasteiger partial charge is 0.384 e. The third kappa shape index (κ3) is 3.34. The third-order valence-corrected chi connectivity index (χ3v) is 3.57. The second-order valence-corrected chi connectivity index (χ2v) is 7.06. The first-order valence-electron chi connectivity index (χ1n) is 6.61. The Morgan fingerprint density at radius 3 is 2.39 bits per heavy atom. The van der Waals surface area contributed by atoms with Gasteiger partial charge in [0, 0.05) is 12.2 Å². The molecule has 0 saturated heterocycles. The van der Waals surface area contributed by atoms with Crippen molar-refractivity contribution in [2.75, 3.05) is 11.1 Å².